The lowest BCUT2D eigenvalue weighted by atomic mass is 9.99. The maximum absolute atomic E-state index is 13.6. The third kappa shape index (κ3) is 5.71. The molecule has 4 aromatic rings. The Balaban J connectivity index is 1.43. The van der Waals surface area contributed by atoms with E-state index in [2.05, 4.69) is 16.2 Å². The maximum Gasteiger partial charge on any atom is 0.329 e. The minimum absolute atomic E-state index is 0.213. The number of terminal acetylenes is 1. The Labute approximate surface area is 260 Å². The molecule has 1 aliphatic heterocycles. The van der Waals surface area contributed by atoms with Crippen molar-refractivity contribution in [2.24, 2.45) is 7.05 Å². The molecule has 1 saturated heterocycles. The molecule has 0 radical (unpaired) electrons. The number of nitrogens with one attached hydrogen (secondary N) is 1. The van der Waals surface area contributed by atoms with E-state index in [1.807, 2.05) is 36.1 Å². The fourth-order valence-electron chi connectivity index (χ4n) is 5.67. The van der Waals surface area contributed by atoms with Gasteiger partial charge >= 0.3 is 5.97 Å². The molecule has 1 aliphatic rings. The van der Waals surface area contributed by atoms with E-state index in [1.54, 1.807) is 55.5 Å². The highest BCUT2D eigenvalue weighted by atomic mass is 35.5. The second kappa shape index (κ2) is 12.4. The highest BCUT2D eigenvalue weighted by Crippen LogP contribution is 2.36. The number of fused-ring (bicyclic) bond motifs is 1. The third-order valence-corrected chi connectivity index (χ3v) is 8.66. The van der Waals surface area contributed by atoms with Gasteiger partial charge in [0.05, 0.1) is 23.5 Å². The van der Waals surface area contributed by atoms with Gasteiger partial charge in [0.1, 0.15) is 5.54 Å². The molecule has 3 heterocycles. The molecular formula is C33H33ClN6O4. The predicted molar refractivity (Wildman–Crippen MR) is 171 cm³/mol. The van der Waals surface area contributed by atoms with Crippen molar-refractivity contribution in [3.05, 3.63) is 93.0 Å². The quantitative estimate of drug-likeness (QED) is 0.264. The zero-order chi connectivity index (χ0) is 31.6. The number of rotatable bonds is 9. The summed E-state index contributed by atoms with van der Waals surface area (Å²) in [6, 6.07) is 13.8. The second-order valence-electron chi connectivity index (χ2n) is 11.1. The number of aliphatic carboxylic acids is 1. The van der Waals surface area contributed by atoms with E-state index < -0.39 is 11.5 Å². The van der Waals surface area contributed by atoms with Gasteiger partial charge in [0.2, 0.25) is 5.95 Å². The fraction of sp³-hybridized carbons (Fsp3) is 0.303. The zero-order valence-corrected chi connectivity index (χ0v) is 25.5. The number of carbonyl (C=O) groups is 2. The van der Waals surface area contributed by atoms with Crippen molar-refractivity contribution in [1.82, 2.24) is 19.9 Å². The van der Waals surface area contributed by atoms with Gasteiger partial charge in [-0.3, -0.25) is 19.1 Å². The van der Waals surface area contributed by atoms with Crippen LogP contribution in [0.3, 0.4) is 0 Å². The Kier molecular flexibility index (Phi) is 8.61. The predicted octanol–water partition coefficient (Wildman–Crippen LogP) is 4.56. The van der Waals surface area contributed by atoms with Crippen LogP contribution in [0.2, 0.25) is 5.02 Å². The number of hydrogen-bond donors (Lipinski definition) is 2. The molecule has 0 spiro atoms. The maximum atomic E-state index is 13.6. The minimum Gasteiger partial charge on any atom is -0.480 e. The molecule has 0 saturated carbocycles. The molecule has 11 heteroatoms. The Bertz CT molecular complexity index is 1820. The molecule has 0 bridgehead atoms. The largest absolute Gasteiger partial charge is 0.480 e. The first-order chi connectivity index (χ1) is 21.0. The summed E-state index contributed by atoms with van der Waals surface area (Å²) in [6.07, 6.45) is 10.3. The molecule has 1 unspecified atom stereocenters. The van der Waals surface area contributed by atoms with Gasteiger partial charge in [-0.25, -0.2) is 9.78 Å². The number of nitrogens with zero attached hydrogens (tertiary/aromatic N) is 5. The molecule has 1 fully saturated rings. The number of aromatic nitrogens is 3. The van der Waals surface area contributed by atoms with Crippen LogP contribution >= 0.6 is 11.6 Å². The van der Waals surface area contributed by atoms with Crippen molar-refractivity contribution in [3.8, 4) is 12.3 Å². The van der Waals surface area contributed by atoms with E-state index in [0.717, 1.165) is 11.3 Å². The molecule has 1 amide bonds. The Hall–Kier alpha value is -4.88. The molecular weight excluding hydrogens is 580 g/mol. The number of carboxylic acids is 1. The summed E-state index contributed by atoms with van der Waals surface area (Å²) in [5, 5.41) is 13.5. The first-order valence-electron chi connectivity index (χ1n) is 14.2. The zero-order valence-electron chi connectivity index (χ0n) is 24.7. The van der Waals surface area contributed by atoms with Crippen LogP contribution in [0, 0.1) is 12.3 Å². The third-order valence-electron chi connectivity index (χ3n) is 8.33. The normalized spacial score (nSPS) is 16.8. The smallest absolute Gasteiger partial charge is 0.329 e. The van der Waals surface area contributed by atoms with Gasteiger partial charge < -0.3 is 20.2 Å². The van der Waals surface area contributed by atoms with Crippen LogP contribution in [0.25, 0.3) is 10.9 Å². The standard InChI is InChI=1S/C33H33ClN6O4/c1-5-15-39(24-11-9-23(10-12-24)29(41)36-20-22-8-6-14-35-19-22)21(2)25-17-26-28(18-27(25)34)37-32(38(4)30(26)42)40-16-7-13-33(40,3)31(43)44/h1,6,8-12,14,17-19,21H,7,13,15-16,20H2,2-4H3,(H,36,41)(H,43,44)/t21?,33-/m0/s1. The number of pyridine rings is 1. The molecule has 44 heavy (non-hydrogen) atoms. The summed E-state index contributed by atoms with van der Waals surface area (Å²) >= 11 is 6.80. The number of carbonyl (C=O) groups excluding carboxylic acids is 1. The van der Waals surface area contributed by atoms with Crippen LogP contribution in [0.1, 0.15) is 54.2 Å². The van der Waals surface area contributed by atoms with Gasteiger partial charge in [0, 0.05) is 48.8 Å². The molecule has 226 valence electrons. The highest BCUT2D eigenvalue weighted by Gasteiger charge is 2.45. The summed E-state index contributed by atoms with van der Waals surface area (Å²) in [5.74, 6) is 1.81. The van der Waals surface area contributed by atoms with Crippen LogP contribution < -0.4 is 20.7 Å². The number of hydrogen-bond acceptors (Lipinski definition) is 7. The first kappa shape index (κ1) is 30.6. The van der Waals surface area contributed by atoms with Crippen LogP contribution in [0.4, 0.5) is 11.6 Å². The molecule has 2 atom stereocenters. The van der Waals surface area contributed by atoms with E-state index >= 15 is 0 Å². The van der Waals surface area contributed by atoms with Crippen molar-refractivity contribution in [2.75, 3.05) is 22.9 Å². The summed E-state index contributed by atoms with van der Waals surface area (Å²) in [5.41, 5.74) is 1.77. The van der Waals surface area contributed by atoms with Crippen molar-refractivity contribution < 1.29 is 14.7 Å². The van der Waals surface area contributed by atoms with Crippen LogP contribution in [-0.4, -0.2) is 50.1 Å². The topological polar surface area (TPSA) is 121 Å². The summed E-state index contributed by atoms with van der Waals surface area (Å²) in [4.78, 5) is 50.8. The molecule has 2 aromatic heterocycles. The fourth-order valence-corrected chi connectivity index (χ4v) is 5.99. The lowest BCUT2D eigenvalue weighted by Crippen LogP contribution is -2.50. The average Bonchev–Trinajstić information content (AvgIpc) is 3.43. The van der Waals surface area contributed by atoms with Crippen LogP contribution in [0.15, 0.2) is 65.7 Å². The summed E-state index contributed by atoms with van der Waals surface area (Å²) in [6.45, 7) is 4.68. The van der Waals surface area contributed by atoms with E-state index in [9.17, 15) is 19.5 Å². The summed E-state index contributed by atoms with van der Waals surface area (Å²) in [7, 11) is 1.60. The highest BCUT2D eigenvalue weighted by molar-refractivity contribution is 6.32. The van der Waals surface area contributed by atoms with Gasteiger partial charge in [0.15, 0.2) is 0 Å². The minimum atomic E-state index is -1.16. The van der Waals surface area contributed by atoms with E-state index in [0.29, 0.717) is 58.9 Å². The number of amides is 1. The van der Waals surface area contributed by atoms with E-state index in [4.69, 9.17) is 23.0 Å². The number of halogens is 1. The number of carboxylic acid groups (broad SMARTS) is 1. The molecule has 10 nitrogen and oxygen atoms in total. The lowest BCUT2D eigenvalue weighted by molar-refractivity contribution is -0.142. The van der Waals surface area contributed by atoms with Crippen molar-refractivity contribution in [2.45, 2.75) is 44.8 Å². The first-order valence-corrected chi connectivity index (χ1v) is 14.6. The van der Waals surface area contributed by atoms with Gasteiger partial charge in [-0.15, -0.1) is 6.42 Å². The van der Waals surface area contributed by atoms with E-state index in [-0.39, 0.29) is 24.1 Å². The molecule has 2 N–H and O–H groups in total. The van der Waals surface area contributed by atoms with Crippen molar-refractivity contribution >= 4 is 46.0 Å². The van der Waals surface area contributed by atoms with Crippen LogP contribution in [-0.2, 0) is 18.4 Å². The van der Waals surface area contributed by atoms with E-state index in [1.165, 1.54) is 4.57 Å². The van der Waals surface area contributed by atoms with Gasteiger partial charge in [0.25, 0.3) is 11.5 Å². The van der Waals surface area contributed by atoms with Gasteiger partial charge in [-0.2, -0.15) is 0 Å². The van der Waals surface area contributed by atoms with Crippen LogP contribution in [0.5, 0.6) is 0 Å². The number of benzene rings is 2. The van der Waals surface area contributed by atoms with Gasteiger partial charge in [-0.05, 0) is 80.3 Å². The monoisotopic (exact) mass is 612 g/mol. The Morgan fingerprint density at radius 1 is 1.25 bits per heavy atom. The van der Waals surface area contributed by atoms with Gasteiger partial charge in [-0.1, -0.05) is 23.6 Å². The Morgan fingerprint density at radius 3 is 2.66 bits per heavy atom. The lowest BCUT2D eigenvalue weighted by Gasteiger charge is -2.33. The van der Waals surface area contributed by atoms with Crippen molar-refractivity contribution in [1.29, 1.82) is 0 Å². The second-order valence-corrected chi connectivity index (χ2v) is 11.5. The summed E-state index contributed by atoms with van der Waals surface area (Å²) < 4.78 is 1.40. The molecule has 0 aliphatic carbocycles. The molecule has 5 rings (SSSR count). The number of anilines is 2. The SMILES string of the molecule is C#CCN(c1ccc(C(=O)NCc2cccnc2)cc1)C(C)c1cc2c(=O)n(C)c(N3CCC[C@@]3(C)C(=O)O)nc2cc1Cl. The Morgan fingerprint density at radius 2 is 2.00 bits per heavy atom. The average molecular weight is 613 g/mol. The van der Waals surface area contributed by atoms with Crippen molar-refractivity contribution in [3.63, 3.8) is 0 Å². The molecule has 2 aromatic carbocycles.